The third-order valence-electron chi connectivity index (χ3n) is 5.41. The molecular formula is C18H26N2O4S. The molecule has 1 aromatic carbocycles. The third kappa shape index (κ3) is 3.67. The summed E-state index contributed by atoms with van der Waals surface area (Å²) in [4.78, 5) is 11.9. The van der Waals surface area contributed by atoms with E-state index in [9.17, 15) is 13.2 Å². The van der Waals surface area contributed by atoms with Gasteiger partial charge in [-0.25, -0.2) is 12.7 Å². The van der Waals surface area contributed by atoms with E-state index in [1.165, 1.54) is 0 Å². The first-order valence-electron chi connectivity index (χ1n) is 8.85. The van der Waals surface area contributed by atoms with E-state index in [4.69, 9.17) is 4.74 Å². The molecule has 1 N–H and O–H groups in total. The van der Waals surface area contributed by atoms with Crippen LogP contribution in [0.1, 0.15) is 44.1 Å². The standard InChI is InChI=1S/C18H26N2O4S/c1-3-25(22,23)20-10-8-18(9-11-20)13-14(12-17(21)19-2)15-6-4-5-7-16(15)24-18/h4-7,14H,3,8-13H2,1-2H3,(H,19,21)/t14-/m0/s1. The number of para-hydroxylation sites is 1. The van der Waals surface area contributed by atoms with Crippen molar-refractivity contribution in [1.82, 2.24) is 9.62 Å². The van der Waals surface area contributed by atoms with E-state index in [0.29, 0.717) is 32.4 Å². The van der Waals surface area contributed by atoms with Crippen LogP contribution in [0.4, 0.5) is 0 Å². The quantitative estimate of drug-likeness (QED) is 0.883. The first-order valence-corrected chi connectivity index (χ1v) is 10.5. The van der Waals surface area contributed by atoms with E-state index in [1.807, 2.05) is 24.3 Å². The van der Waals surface area contributed by atoms with E-state index in [-0.39, 0.29) is 23.2 Å². The number of nitrogens with one attached hydrogen (secondary N) is 1. The number of amides is 1. The minimum atomic E-state index is -3.16. The highest BCUT2D eigenvalue weighted by molar-refractivity contribution is 7.89. The Kier molecular flexibility index (Phi) is 5.06. The predicted molar refractivity (Wildman–Crippen MR) is 96.1 cm³/mol. The van der Waals surface area contributed by atoms with E-state index in [1.54, 1.807) is 18.3 Å². The van der Waals surface area contributed by atoms with Crippen LogP contribution in [0.15, 0.2) is 24.3 Å². The summed E-state index contributed by atoms with van der Waals surface area (Å²) in [5, 5.41) is 2.70. The van der Waals surface area contributed by atoms with Gasteiger partial charge >= 0.3 is 0 Å². The van der Waals surface area contributed by atoms with Gasteiger partial charge in [-0.15, -0.1) is 0 Å². The van der Waals surface area contributed by atoms with E-state index in [0.717, 1.165) is 17.7 Å². The van der Waals surface area contributed by atoms with Crippen molar-refractivity contribution in [3.8, 4) is 5.75 Å². The lowest BCUT2D eigenvalue weighted by molar-refractivity contribution is -0.121. The predicted octanol–water partition coefficient (Wildman–Crippen LogP) is 1.87. The highest BCUT2D eigenvalue weighted by Gasteiger charge is 2.45. The van der Waals surface area contributed by atoms with Crippen LogP contribution in [0.3, 0.4) is 0 Å². The summed E-state index contributed by atoms with van der Waals surface area (Å²) in [5.41, 5.74) is 0.688. The average molecular weight is 366 g/mol. The van der Waals surface area contributed by atoms with Gasteiger partial charge in [0.15, 0.2) is 0 Å². The van der Waals surface area contributed by atoms with Crippen molar-refractivity contribution in [2.45, 2.75) is 44.1 Å². The summed E-state index contributed by atoms with van der Waals surface area (Å²) >= 11 is 0. The molecule has 0 radical (unpaired) electrons. The number of rotatable bonds is 4. The summed E-state index contributed by atoms with van der Waals surface area (Å²) in [6.45, 7) is 2.63. The van der Waals surface area contributed by atoms with E-state index < -0.39 is 10.0 Å². The molecule has 0 aromatic heterocycles. The lowest BCUT2D eigenvalue weighted by Gasteiger charge is -2.46. The molecule has 1 aromatic rings. The number of ether oxygens (including phenoxy) is 1. The number of benzene rings is 1. The van der Waals surface area contributed by atoms with Gasteiger partial charge in [0.2, 0.25) is 15.9 Å². The Bertz CT molecular complexity index is 739. The molecule has 25 heavy (non-hydrogen) atoms. The molecule has 7 heteroatoms. The van der Waals surface area contributed by atoms with Crippen LogP contribution in [0, 0.1) is 0 Å². The molecule has 1 saturated heterocycles. The van der Waals surface area contributed by atoms with Crippen molar-refractivity contribution in [2.75, 3.05) is 25.9 Å². The number of hydrogen-bond acceptors (Lipinski definition) is 4. The summed E-state index contributed by atoms with van der Waals surface area (Å²) in [6, 6.07) is 7.87. The number of nitrogens with zero attached hydrogens (tertiary/aromatic N) is 1. The van der Waals surface area contributed by atoms with Gasteiger partial charge in [0, 0.05) is 45.3 Å². The Morgan fingerprint density at radius 3 is 2.64 bits per heavy atom. The highest BCUT2D eigenvalue weighted by Crippen LogP contribution is 2.46. The van der Waals surface area contributed by atoms with Crippen LogP contribution in [0.5, 0.6) is 5.75 Å². The number of piperidine rings is 1. The Morgan fingerprint density at radius 1 is 1.32 bits per heavy atom. The van der Waals surface area contributed by atoms with Gasteiger partial charge in [-0.2, -0.15) is 0 Å². The minimum Gasteiger partial charge on any atom is -0.487 e. The summed E-state index contributed by atoms with van der Waals surface area (Å²) in [7, 11) is -1.51. The van der Waals surface area contributed by atoms with Crippen molar-refractivity contribution in [1.29, 1.82) is 0 Å². The molecule has 1 amide bonds. The monoisotopic (exact) mass is 366 g/mol. The number of fused-ring (bicyclic) bond motifs is 1. The second-order valence-corrected chi connectivity index (χ2v) is 9.16. The van der Waals surface area contributed by atoms with Gasteiger partial charge in [-0.1, -0.05) is 18.2 Å². The van der Waals surface area contributed by atoms with Gasteiger partial charge < -0.3 is 10.1 Å². The van der Waals surface area contributed by atoms with Crippen LogP contribution in [-0.2, 0) is 14.8 Å². The molecule has 6 nitrogen and oxygen atoms in total. The molecule has 1 fully saturated rings. The maximum Gasteiger partial charge on any atom is 0.220 e. The lowest BCUT2D eigenvalue weighted by Crippen LogP contribution is -2.52. The molecule has 3 rings (SSSR count). The number of carbonyl (C=O) groups is 1. The zero-order valence-corrected chi connectivity index (χ0v) is 15.6. The van der Waals surface area contributed by atoms with Crippen molar-refractivity contribution in [3.63, 3.8) is 0 Å². The smallest absolute Gasteiger partial charge is 0.220 e. The molecule has 2 aliphatic heterocycles. The molecule has 2 heterocycles. The molecule has 1 atom stereocenters. The van der Waals surface area contributed by atoms with Crippen LogP contribution in [-0.4, -0.2) is 50.1 Å². The topological polar surface area (TPSA) is 75.7 Å². The zero-order valence-electron chi connectivity index (χ0n) is 14.8. The molecule has 0 unspecified atom stereocenters. The minimum absolute atomic E-state index is 0.0165. The van der Waals surface area contributed by atoms with Crippen molar-refractivity contribution >= 4 is 15.9 Å². The van der Waals surface area contributed by atoms with E-state index in [2.05, 4.69) is 5.32 Å². The van der Waals surface area contributed by atoms with Gasteiger partial charge in [0.1, 0.15) is 11.4 Å². The van der Waals surface area contributed by atoms with Crippen LogP contribution in [0.25, 0.3) is 0 Å². The first kappa shape index (κ1) is 18.2. The summed E-state index contributed by atoms with van der Waals surface area (Å²) < 4.78 is 32.1. The highest BCUT2D eigenvalue weighted by atomic mass is 32.2. The van der Waals surface area contributed by atoms with Crippen LogP contribution >= 0.6 is 0 Å². The molecule has 138 valence electrons. The Hall–Kier alpha value is -1.60. The Balaban J connectivity index is 1.81. The van der Waals surface area contributed by atoms with Gasteiger partial charge in [-0.3, -0.25) is 4.79 Å². The molecule has 2 aliphatic rings. The Morgan fingerprint density at radius 2 is 2.00 bits per heavy atom. The van der Waals surface area contributed by atoms with Crippen molar-refractivity contribution in [2.24, 2.45) is 0 Å². The fraction of sp³-hybridized carbons (Fsp3) is 0.611. The largest absolute Gasteiger partial charge is 0.487 e. The molecule has 0 bridgehead atoms. The average Bonchev–Trinajstić information content (AvgIpc) is 2.62. The molecular weight excluding hydrogens is 340 g/mol. The molecule has 0 aliphatic carbocycles. The maximum absolute atomic E-state index is 12.1. The van der Waals surface area contributed by atoms with Crippen LogP contribution < -0.4 is 10.1 Å². The van der Waals surface area contributed by atoms with E-state index >= 15 is 0 Å². The lowest BCUT2D eigenvalue weighted by atomic mass is 9.76. The van der Waals surface area contributed by atoms with Gasteiger partial charge in [-0.05, 0) is 25.0 Å². The SMILES string of the molecule is CCS(=O)(=O)N1CCC2(CC1)C[C@H](CC(=O)NC)c1ccccc1O2. The third-order valence-corrected chi connectivity index (χ3v) is 7.29. The van der Waals surface area contributed by atoms with Gasteiger partial charge in [0.25, 0.3) is 0 Å². The van der Waals surface area contributed by atoms with Crippen LogP contribution in [0.2, 0.25) is 0 Å². The van der Waals surface area contributed by atoms with Crippen molar-refractivity contribution in [3.05, 3.63) is 29.8 Å². The van der Waals surface area contributed by atoms with Crippen molar-refractivity contribution < 1.29 is 17.9 Å². The molecule has 1 spiro atoms. The molecule has 0 saturated carbocycles. The first-order chi connectivity index (χ1) is 11.9. The zero-order chi connectivity index (χ0) is 18.1. The summed E-state index contributed by atoms with van der Waals surface area (Å²) in [5.74, 6) is 1.07. The fourth-order valence-corrected chi connectivity index (χ4v) is 5.02. The number of sulfonamides is 1. The second-order valence-electron chi connectivity index (χ2n) is 6.90. The number of hydrogen-bond donors (Lipinski definition) is 1. The summed E-state index contributed by atoms with van der Waals surface area (Å²) in [6.07, 6.45) is 2.49. The second kappa shape index (κ2) is 6.96. The maximum atomic E-state index is 12.1. The van der Waals surface area contributed by atoms with Gasteiger partial charge in [0.05, 0.1) is 5.75 Å². The number of carbonyl (C=O) groups excluding carboxylic acids is 1. The Labute approximate surface area is 149 Å². The fourth-order valence-electron chi connectivity index (χ4n) is 3.91. The normalized spacial score (nSPS) is 22.9.